The molecule has 0 aromatic carbocycles. The van der Waals surface area contributed by atoms with Crippen molar-refractivity contribution in [3.8, 4) is 0 Å². The predicted molar refractivity (Wildman–Crippen MR) is 64.5 cm³/mol. The third kappa shape index (κ3) is 8.63. The molecular formula is C11H25NS. The molecule has 1 unspecified atom stereocenters. The minimum atomic E-state index is 0.726. The number of hydrogen-bond donors (Lipinski definition) is 1. The minimum absolute atomic E-state index is 0.726. The monoisotopic (exact) mass is 203 g/mol. The Morgan fingerprint density at radius 2 is 1.85 bits per heavy atom. The van der Waals surface area contributed by atoms with Crippen LogP contribution in [0, 0.1) is 5.92 Å². The second-order valence-electron chi connectivity index (χ2n) is 3.99. The van der Waals surface area contributed by atoms with E-state index in [1.165, 1.54) is 30.9 Å². The van der Waals surface area contributed by atoms with Crippen molar-refractivity contribution in [2.45, 2.75) is 46.6 Å². The SMILES string of the molecule is CCCNC(CC)CSCC(C)C. The molecular weight excluding hydrogens is 178 g/mol. The van der Waals surface area contributed by atoms with Crippen molar-refractivity contribution in [1.82, 2.24) is 5.32 Å². The van der Waals surface area contributed by atoms with Gasteiger partial charge >= 0.3 is 0 Å². The van der Waals surface area contributed by atoms with E-state index in [-0.39, 0.29) is 0 Å². The molecule has 0 radical (unpaired) electrons. The van der Waals surface area contributed by atoms with Gasteiger partial charge in [0, 0.05) is 11.8 Å². The molecule has 0 aromatic rings. The van der Waals surface area contributed by atoms with Gasteiger partial charge in [0.1, 0.15) is 0 Å². The lowest BCUT2D eigenvalue weighted by Crippen LogP contribution is -2.31. The molecule has 13 heavy (non-hydrogen) atoms. The van der Waals surface area contributed by atoms with Gasteiger partial charge < -0.3 is 5.32 Å². The van der Waals surface area contributed by atoms with E-state index in [1.807, 2.05) is 0 Å². The van der Waals surface area contributed by atoms with Gasteiger partial charge in [0.05, 0.1) is 0 Å². The molecule has 1 N–H and O–H groups in total. The van der Waals surface area contributed by atoms with Gasteiger partial charge in [-0.05, 0) is 31.1 Å². The van der Waals surface area contributed by atoms with Crippen LogP contribution in [0.4, 0.5) is 0 Å². The van der Waals surface area contributed by atoms with Crippen molar-refractivity contribution in [2.24, 2.45) is 5.92 Å². The molecule has 0 bridgehead atoms. The average Bonchev–Trinajstić information content (AvgIpc) is 2.10. The highest BCUT2D eigenvalue weighted by molar-refractivity contribution is 7.99. The lowest BCUT2D eigenvalue weighted by molar-refractivity contribution is 0.539. The van der Waals surface area contributed by atoms with Gasteiger partial charge in [0.15, 0.2) is 0 Å². The second-order valence-corrected chi connectivity index (χ2v) is 5.07. The summed E-state index contributed by atoms with van der Waals surface area (Å²) in [5.41, 5.74) is 0. The van der Waals surface area contributed by atoms with Crippen LogP contribution in [0.2, 0.25) is 0 Å². The summed E-state index contributed by atoms with van der Waals surface area (Å²) in [5, 5.41) is 3.57. The molecule has 1 nitrogen and oxygen atoms in total. The molecule has 0 aromatic heterocycles. The molecule has 0 amide bonds. The standard InChI is InChI=1S/C11H25NS/c1-5-7-12-11(6-2)9-13-8-10(3)4/h10-12H,5-9H2,1-4H3. The zero-order chi connectivity index (χ0) is 10.1. The van der Waals surface area contributed by atoms with Gasteiger partial charge in [-0.2, -0.15) is 11.8 Å². The average molecular weight is 203 g/mol. The molecule has 0 spiro atoms. The minimum Gasteiger partial charge on any atom is -0.313 e. The lowest BCUT2D eigenvalue weighted by Gasteiger charge is -2.16. The molecule has 0 aliphatic carbocycles. The third-order valence-corrected chi connectivity index (χ3v) is 3.49. The lowest BCUT2D eigenvalue weighted by atomic mass is 10.2. The Kier molecular flexibility index (Phi) is 9.10. The van der Waals surface area contributed by atoms with E-state index < -0.39 is 0 Å². The molecule has 1 atom stereocenters. The molecule has 0 saturated heterocycles. The van der Waals surface area contributed by atoms with Crippen LogP contribution in [0.25, 0.3) is 0 Å². The van der Waals surface area contributed by atoms with Crippen molar-refractivity contribution in [3.63, 3.8) is 0 Å². The molecule has 0 fully saturated rings. The first-order valence-electron chi connectivity index (χ1n) is 5.51. The first-order chi connectivity index (χ1) is 6.20. The van der Waals surface area contributed by atoms with E-state index in [0.29, 0.717) is 0 Å². The van der Waals surface area contributed by atoms with Crippen molar-refractivity contribution in [3.05, 3.63) is 0 Å². The Morgan fingerprint density at radius 3 is 2.31 bits per heavy atom. The summed E-state index contributed by atoms with van der Waals surface area (Å²) in [6.07, 6.45) is 2.50. The van der Waals surface area contributed by atoms with Crippen LogP contribution in [0.3, 0.4) is 0 Å². The topological polar surface area (TPSA) is 12.0 Å². The number of rotatable bonds is 8. The Balaban J connectivity index is 3.36. The highest BCUT2D eigenvalue weighted by atomic mass is 32.2. The van der Waals surface area contributed by atoms with Crippen LogP contribution in [-0.4, -0.2) is 24.1 Å². The highest BCUT2D eigenvalue weighted by Crippen LogP contribution is 2.10. The Bertz CT molecular complexity index is 104. The van der Waals surface area contributed by atoms with Crippen LogP contribution < -0.4 is 5.32 Å². The van der Waals surface area contributed by atoms with Crippen molar-refractivity contribution in [2.75, 3.05) is 18.1 Å². The molecule has 0 heterocycles. The first kappa shape index (κ1) is 13.3. The molecule has 0 rings (SSSR count). The van der Waals surface area contributed by atoms with E-state index in [1.54, 1.807) is 0 Å². The predicted octanol–water partition coefficient (Wildman–Crippen LogP) is 3.15. The fraction of sp³-hybridized carbons (Fsp3) is 1.00. The highest BCUT2D eigenvalue weighted by Gasteiger charge is 2.04. The van der Waals surface area contributed by atoms with Crippen molar-refractivity contribution in [1.29, 1.82) is 0 Å². The molecule has 0 saturated carbocycles. The fourth-order valence-electron chi connectivity index (χ4n) is 1.12. The van der Waals surface area contributed by atoms with Crippen LogP contribution >= 0.6 is 11.8 Å². The number of thioether (sulfide) groups is 1. The third-order valence-electron chi connectivity index (χ3n) is 1.95. The summed E-state index contributed by atoms with van der Waals surface area (Å²) in [4.78, 5) is 0. The second kappa shape index (κ2) is 8.89. The normalized spacial score (nSPS) is 13.6. The van der Waals surface area contributed by atoms with Crippen LogP contribution in [0.1, 0.15) is 40.5 Å². The summed E-state index contributed by atoms with van der Waals surface area (Å²) in [6.45, 7) is 10.2. The van der Waals surface area contributed by atoms with Crippen LogP contribution in [0.15, 0.2) is 0 Å². The molecule has 2 heteroatoms. The van der Waals surface area contributed by atoms with E-state index in [0.717, 1.165) is 12.0 Å². The van der Waals surface area contributed by atoms with Gasteiger partial charge in [-0.1, -0.05) is 27.7 Å². The van der Waals surface area contributed by atoms with Gasteiger partial charge in [0.25, 0.3) is 0 Å². The van der Waals surface area contributed by atoms with E-state index in [9.17, 15) is 0 Å². The van der Waals surface area contributed by atoms with E-state index in [4.69, 9.17) is 0 Å². The fourth-order valence-corrected chi connectivity index (χ4v) is 2.36. The van der Waals surface area contributed by atoms with E-state index in [2.05, 4.69) is 44.8 Å². The van der Waals surface area contributed by atoms with Crippen molar-refractivity contribution >= 4 is 11.8 Å². The van der Waals surface area contributed by atoms with Crippen molar-refractivity contribution < 1.29 is 0 Å². The summed E-state index contributed by atoms with van der Waals surface area (Å²) in [7, 11) is 0. The van der Waals surface area contributed by atoms with E-state index >= 15 is 0 Å². The molecule has 80 valence electrons. The quantitative estimate of drug-likeness (QED) is 0.650. The maximum Gasteiger partial charge on any atom is 0.0155 e. The van der Waals surface area contributed by atoms with Gasteiger partial charge in [-0.3, -0.25) is 0 Å². The van der Waals surface area contributed by atoms with Gasteiger partial charge in [0.2, 0.25) is 0 Å². The van der Waals surface area contributed by atoms with Gasteiger partial charge in [-0.15, -0.1) is 0 Å². The zero-order valence-corrected chi connectivity index (χ0v) is 10.4. The zero-order valence-electron chi connectivity index (χ0n) is 9.60. The molecule has 0 aliphatic rings. The molecule has 0 aliphatic heterocycles. The van der Waals surface area contributed by atoms with Crippen LogP contribution in [-0.2, 0) is 0 Å². The van der Waals surface area contributed by atoms with Crippen LogP contribution in [0.5, 0.6) is 0 Å². The number of nitrogens with one attached hydrogen (secondary N) is 1. The summed E-state index contributed by atoms with van der Waals surface area (Å²) < 4.78 is 0. The summed E-state index contributed by atoms with van der Waals surface area (Å²) in [5.74, 6) is 3.40. The first-order valence-corrected chi connectivity index (χ1v) is 6.67. The Morgan fingerprint density at radius 1 is 1.15 bits per heavy atom. The smallest absolute Gasteiger partial charge is 0.0155 e. The summed E-state index contributed by atoms with van der Waals surface area (Å²) in [6, 6.07) is 0.726. The number of hydrogen-bond acceptors (Lipinski definition) is 2. The Hall–Kier alpha value is 0.310. The maximum atomic E-state index is 3.57. The maximum absolute atomic E-state index is 3.57. The van der Waals surface area contributed by atoms with Gasteiger partial charge in [-0.25, -0.2) is 0 Å². The Labute approximate surface area is 88.1 Å². The summed E-state index contributed by atoms with van der Waals surface area (Å²) >= 11 is 2.08. The largest absolute Gasteiger partial charge is 0.313 e.